The minimum Gasteiger partial charge on any atom is -0.340 e. The summed E-state index contributed by atoms with van der Waals surface area (Å²) < 4.78 is 1.85. The summed E-state index contributed by atoms with van der Waals surface area (Å²) in [5.41, 5.74) is 6.26. The van der Waals surface area contributed by atoms with E-state index in [1.165, 1.54) is 11.1 Å². The monoisotopic (exact) mass is 417 g/mol. The van der Waals surface area contributed by atoms with E-state index in [0.717, 1.165) is 28.5 Å². The van der Waals surface area contributed by atoms with E-state index in [4.69, 9.17) is 9.97 Å². The molecule has 0 spiro atoms. The SMILES string of the molecule is Cc1cc(C)n(-c2cc(Nc3ccc(-c4ccccc4)cc3)nc(-c3ccccc3)n2)n1. The van der Waals surface area contributed by atoms with Gasteiger partial charge in [0.25, 0.3) is 0 Å². The molecular weight excluding hydrogens is 394 g/mol. The largest absolute Gasteiger partial charge is 0.340 e. The lowest BCUT2D eigenvalue weighted by molar-refractivity contribution is 0.803. The van der Waals surface area contributed by atoms with Crippen molar-refractivity contribution in [3.05, 3.63) is 108 Å². The molecule has 1 N–H and O–H groups in total. The Morgan fingerprint density at radius 3 is 1.91 bits per heavy atom. The first-order valence-corrected chi connectivity index (χ1v) is 10.6. The van der Waals surface area contributed by atoms with Crippen molar-refractivity contribution in [1.29, 1.82) is 0 Å². The van der Waals surface area contributed by atoms with Gasteiger partial charge < -0.3 is 5.32 Å². The molecule has 0 bridgehead atoms. The van der Waals surface area contributed by atoms with Gasteiger partial charge >= 0.3 is 0 Å². The Morgan fingerprint density at radius 1 is 0.656 bits per heavy atom. The number of rotatable bonds is 5. The van der Waals surface area contributed by atoms with Crippen LogP contribution in [-0.4, -0.2) is 19.7 Å². The van der Waals surface area contributed by atoms with E-state index in [9.17, 15) is 0 Å². The highest BCUT2D eigenvalue weighted by molar-refractivity contribution is 5.68. The van der Waals surface area contributed by atoms with Gasteiger partial charge in [-0.2, -0.15) is 5.10 Å². The van der Waals surface area contributed by atoms with Gasteiger partial charge in [0.2, 0.25) is 0 Å². The standard InChI is InChI=1S/C27H23N5/c1-19-17-20(2)32(31-19)26-18-25(29-27(30-26)23-11-7-4-8-12-23)28-24-15-13-22(14-16-24)21-9-5-3-6-10-21/h3-18H,1-2H3,(H,28,29,30). The van der Waals surface area contributed by atoms with Gasteiger partial charge in [-0.1, -0.05) is 72.8 Å². The number of aryl methyl sites for hydroxylation is 2. The molecule has 156 valence electrons. The normalized spacial score (nSPS) is 10.8. The first-order chi connectivity index (χ1) is 15.7. The summed E-state index contributed by atoms with van der Waals surface area (Å²) in [6.45, 7) is 4.01. The quantitative estimate of drug-likeness (QED) is 0.362. The third-order valence-corrected chi connectivity index (χ3v) is 5.24. The number of hydrogen-bond acceptors (Lipinski definition) is 4. The molecule has 0 aliphatic rings. The predicted molar refractivity (Wildman–Crippen MR) is 129 cm³/mol. The number of nitrogens with zero attached hydrogens (tertiary/aromatic N) is 4. The molecule has 0 saturated carbocycles. The van der Waals surface area contributed by atoms with Gasteiger partial charge in [-0.25, -0.2) is 14.6 Å². The first-order valence-electron chi connectivity index (χ1n) is 10.6. The van der Waals surface area contributed by atoms with Crippen LogP contribution < -0.4 is 5.32 Å². The van der Waals surface area contributed by atoms with Gasteiger partial charge in [-0.3, -0.25) is 0 Å². The van der Waals surface area contributed by atoms with Gasteiger partial charge in [-0.15, -0.1) is 0 Å². The zero-order valence-corrected chi connectivity index (χ0v) is 18.0. The molecule has 2 aromatic heterocycles. The Bertz CT molecular complexity index is 1340. The molecule has 0 radical (unpaired) electrons. The number of hydrogen-bond donors (Lipinski definition) is 1. The lowest BCUT2D eigenvalue weighted by Gasteiger charge is -2.12. The predicted octanol–water partition coefficient (Wildman–Crippen LogP) is 6.36. The summed E-state index contributed by atoms with van der Waals surface area (Å²) >= 11 is 0. The first kappa shape index (κ1) is 19.7. The zero-order valence-electron chi connectivity index (χ0n) is 18.0. The highest BCUT2D eigenvalue weighted by atomic mass is 15.3. The minimum absolute atomic E-state index is 0.652. The van der Waals surface area contributed by atoms with Crippen LogP contribution in [0.2, 0.25) is 0 Å². The van der Waals surface area contributed by atoms with Gasteiger partial charge in [0.05, 0.1) is 5.69 Å². The molecule has 5 aromatic rings. The second-order valence-corrected chi connectivity index (χ2v) is 7.71. The Balaban J connectivity index is 1.51. The molecule has 0 fully saturated rings. The third kappa shape index (κ3) is 4.14. The second kappa shape index (κ2) is 8.47. The van der Waals surface area contributed by atoms with E-state index in [-0.39, 0.29) is 0 Å². The number of aromatic nitrogens is 4. The van der Waals surface area contributed by atoms with Crippen molar-refractivity contribution in [3.8, 4) is 28.3 Å². The average Bonchev–Trinajstić information content (AvgIpc) is 3.18. The molecule has 2 heterocycles. The molecular formula is C27H23N5. The van der Waals surface area contributed by atoms with Gasteiger partial charge in [-0.05, 0) is 43.2 Å². The maximum atomic E-state index is 4.79. The van der Waals surface area contributed by atoms with E-state index >= 15 is 0 Å². The third-order valence-electron chi connectivity index (χ3n) is 5.24. The van der Waals surface area contributed by atoms with Crippen molar-refractivity contribution in [2.45, 2.75) is 13.8 Å². The van der Waals surface area contributed by atoms with Gasteiger partial charge in [0, 0.05) is 23.0 Å². The molecule has 3 aromatic carbocycles. The number of benzene rings is 3. The van der Waals surface area contributed by atoms with Gasteiger partial charge in [0.15, 0.2) is 11.6 Å². The van der Waals surface area contributed by atoms with Crippen LogP contribution in [0.3, 0.4) is 0 Å². The van der Waals surface area contributed by atoms with E-state index < -0.39 is 0 Å². The molecule has 0 unspecified atom stereocenters. The van der Waals surface area contributed by atoms with Crippen LogP contribution in [0.15, 0.2) is 97.1 Å². The van der Waals surface area contributed by atoms with E-state index in [0.29, 0.717) is 11.6 Å². The summed E-state index contributed by atoms with van der Waals surface area (Å²) in [6.07, 6.45) is 0. The Hall–Kier alpha value is -4.25. The van der Waals surface area contributed by atoms with Crippen LogP contribution in [0.4, 0.5) is 11.5 Å². The molecule has 32 heavy (non-hydrogen) atoms. The highest BCUT2D eigenvalue weighted by Crippen LogP contribution is 2.25. The van der Waals surface area contributed by atoms with Crippen molar-refractivity contribution < 1.29 is 0 Å². The van der Waals surface area contributed by atoms with Crippen LogP contribution in [-0.2, 0) is 0 Å². The molecule has 5 nitrogen and oxygen atoms in total. The maximum Gasteiger partial charge on any atom is 0.163 e. The molecule has 0 atom stereocenters. The minimum atomic E-state index is 0.652. The molecule has 5 heteroatoms. The average molecular weight is 418 g/mol. The smallest absolute Gasteiger partial charge is 0.163 e. The molecule has 5 rings (SSSR count). The van der Waals surface area contributed by atoms with Crippen LogP contribution in [0, 0.1) is 13.8 Å². The summed E-state index contributed by atoms with van der Waals surface area (Å²) in [5, 5.41) is 8.04. The van der Waals surface area contributed by atoms with Crippen LogP contribution in [0.25, 0.3) is 28.3 Å². The van der Waals surface area contributed by atoms with E-state index in [1.807, 2.05) is 79.2 Å². The fraction of sp³-hybridized carbons (Fsp3) is 0.0741. The molecule has 0 aliphatic heterocycles. The molecule has 0 aliphatic carbocycles. The van der Waals surface area contributed by atoms with Crippen molar-refractivity contribution >= 4 is 11.5 Å². The van der Waals surface area contributed by atoms with Crippen molar-refractivity contribution in [2.24, 2.45) is 0 Å². The number of anilines is 2. The summed E-state index contributed by atoms with van der Waals surface area (Å²) in [7, 11) is 0. The zero-order chi connectivity index (χ0) is 21.9. The lowest BCUT2D eigenvalue weighted by Crippen LogP contribution is -2.06. The van der Waals surface area contributed by atoms with E-state index in [2.05, 4.69) is 46.8 Å². The molecule has 0 amide bonds. The summed E-state index contributed by atoms with van der Waals surface area (Å²) in [4.78, 5) is 9.57. The molecule has 0 saturated heterocycles. The highest BCUT2D eigenvalue weighted by Gasteiger charge is 2.12. The van der Waals surface area contributed by atoms with E-state index in [1.54, 1.807) is 0 Å². The Labute approximate surface area is 187 Å². The Morgan fingerprint density at radius 2 is 1.28 bits per heavy atom. The topological polar surface area (TPSA) is 55.6 Å². The fourth-order valence-electron chi connectivity index (χ4n) is 3.71. The lowest BCUT2D eigenvalue weighted by atomic mass is 10.1. The summed E-state index contributed by atoms with van der Waals surface area (Å²) in [5.74, 6) is 2.10. The van der Waals surface area contributed by atoms with Crippen LogP contribution in [0.5, 0.6) is 0 Å². The van der Waals surface area contributed by atoms with Crippen molar-refractivity contribution in [2.75, 3.05) is 5.32 Å². The van der Waals surface area contributed by atoms with Crippen LogP contribution >= 0.6 is 0 Å². The van der Waals surface area contributed by atoms with Crippen molar-refractivity contribution in [3.63, 3.8) is 0 Å². The summed E-state index contributed by atoms with van der Waals surface area (Å²) in [6, 6.07) is 32.7. The van der Waals surface area contributed by atoms with Crippen LogP contribution in [0.1, 0.15) is 11.4 Å². The maximum absolute atomic E-state index is 4.79. The van der Waals surface area contributed by atoms with Crippen molar-refractivity contribution in [1.82, 2.24) is 19.7 Å². The van der Waals surface area contributed by atoms with Gasteiger partial charge in [0.1, 0.15) is 5.82 Å². The second-order valence-electron chi connectivity index (χ2n) is 7.71. The Kier molecular flexibility index (Phi) is 5.22. The fourth-order valence-corrected chi connectivity index (χ4v) is 3.71. The number of nitrogens with one attached hydrogen (secondary N) is 1.